The third-order valence-electron chi connectivity index (χ3n) is 8.57. The maximum absolute atomic E-state index is 11.2. The highest BCUT2D eigenvalue weighted by molar-refractivity contribution is 5.90. The molecule has 1 saturated heterocycles. The minimum Gasteiger partial charge on any atom is -0.368 e. The van der Waals surface area contributed by atoms with Gasteiger partial charge in [0.2, 0.25) is 0 Å². The SMILES string of the molecule is CCC1(C)CC2C3C(N4CCN(c5ccc(C(N)=O)nc5)CC4)CCC231. The zero-order valence-corrected chi connectivity index (χ0v) is 15.9. The number of hydrogen-bond acceptors (Lipinski definition) is 4. The molecule has 0 bridgehead atoms. The van der Waals surface area contributed by atoms with Gasteiger partial charge in [0.1, 0.15) is 5.69 Å². The Hall–Kier alpha value is -1.62. The minimum absolute atomic E-state index is 0.340. The van der Waals surface area contributed by atoms with Crippen molar-refractivity contribution in [2.75, 3.05) is 31.1 Å². The Morgan fingerprint density at radius 3 is 2.65 bits per heavy atom. The first-order chi connectivity index (χ1) is 12.5. The molecule has 1 spiro atoms. The number of anilines is 1. The van der Waals surface area contributed by atoms with Crippen LogP contribution >= 0.6 is 0 Å². The number of fused-ring (bicyclic) bond motifs is 1. The molecule has 4 fully saturated rings. The molecule has 2 N–H and O–H groups in total. The molecule has 4 aliphatic rings. The predicted molar refractivity (Wildman–Crippen MR) is 102 cm³/mol. The highest BCUT2D eigenvalue weighted by Gasteiger charge is 2.83. The van der Waals surface area contributed by atoms with Crippen LogP contribution in [0.1, 0.15) is 50.0 Å². The second-order valence-electron chi connectivity index (χ2n) is 9.19. The lowest BCUT2D eigenvalue weighted by molar-refractivity contribution is 0.0249. The summed E-state index contributed by atoms with van der Waals surface area (Å²) in [5.41, 5.74) is 8.07. The molecule has 5 heteroatoms. The lowest BCUT2D eigenvalue weighted by atomic mass is 9.58. The second-order valence-corrected chi connectivity index (χ2v) is 9.19. The van der Waals surface area contributed by atoms with Crippen LogP contribution in [0.4, 0.5) is 5.69 Å². The molecular weight excluding hydrogens is 324 g/mol. The van der Waals surface area contributed by atoms with Gasteiger partial charge in [0, 0.05) is 32.2 Å². The molecule has 1 amide bonds. The molecule has 5 atom stereocenters. The van der Waals surface area contributed by atoms with Gasteiger partial charge in [-0.15, -0.1) is 0 Å². The molecule has 140 valence electrons. The van der Waals surface area contributed by atoms with Crippen LogP contribution in [-0.4, -0.2) is 48.0 Å². The lowest BCUT2D eigenvalue weighted by Gasteiger charge is -2.46. The molecular formula is C21H30N4O. The number of carbonyl (C=O) groups excluding carboxylic acids is 1. The topological polar surface area (TPSA) is 62.5 Å². The van der Waals surface area contributed by atoms with Gasteiger partial charge in [-0.25, -0.2) is 4.98 Å². The number of aromatic nitrogens is 1. The van der Waals surface area contributed by atoms with Crippen molar-refractivity contribution in [1.82, 2.24) is 9.88 Å². The van der Waals surface area contributed by atoms with Crippen molar-refractivity contribution in [2.24, 2.45) is 28.4 Å². The molecule has 5 unspecified atom stereocenters. The monoisotopic (exact) mass is 354 g/mol. The fraction of sp³-hybridized carbons (Fsp3) is 0.714. The Morgan fingerprint density at radius 1 is 1.31 bits per heavy atom. The fourth-order valence-electron chi connectivity index (χ4n) is 7.00. The molecule has 0 aromatic carbocycles. The summed E-state index contributed by atoms with van der Waals surface area (Å²) in [5.74, 6) is 1.56. The zero-order chi connectivity index (χ0) is 18.1. The molecule has 5 rings (SSSR count). The summed E-state index contributed by atoms with van der Waals surface area (Å²) in [4.78, 5) is 20.5. The van der Waals surface area contributed by atoms with Crippen LogP contribution in [0.3, 0.4) is 0 Å². The van der Waals surface area contributed by atoms with E-state index < -0.39 is 5.91 Å². The van der Waals surface area contributed by atoms with Gasteiger partial charge in [-0.1, -0.05) is 20.3 Å². The van der Waals surface area contributed by atoms with Crippen LogP contribution in [0.25, 0.3) is 0 Å². The number of nitrogens with zero attached hydrogens (tertiary/aromatic N) is 3. The van der Waals surface area contributed by atoms with Gasteiger partial charge in [0.25, 0.3) is 5.91 Å². The van der Waals surface area contributed by atoms with Gasteiger partial charge in [-0.2, -0.15) is 0 Å². The normalized spacial score (nSPS) is 41.3. The van der Waals surface area contributed by atoms with Crippen LogP contribution < -0.4 is 10.6 Å². The number of hydrogen-bond donors (Lipinski definition) is 1. The maximum Gasteiger partial charge on any atom is 0.267 e. The van der Waals surface area contributed by atoms with Crippen LogP contribution in [0.5, 0.6) is 0 Å². The van der Waals surface area contributed by atoms with E-state index in [-0.39, 0.29) is 0 Å². The lowest BCUT2D eigenvalue weighted by Crippen LogP contribution is -2.50. The summed E-state index contributed by atoms with van der Waals surface area (Å²) in [5, 5.41) is 0. The molecule has 3 saturated carbocycles. The molecule has 1 aromatic heterocycles. The van der Waals surface area contributed by atoms with E-state index in [2.05, 4.69) is 28.6 Å². The van der Waals surface area contributed by atoms with E-state index >= 15 is 0 Å². The highest BCUT2D eigenvalue weighted by atomic mass is 16.1. The molecule has 0 radical (unpaired) electrons. The second kappa shape index (κ2) is 5.44. The number of rotatable bonds is 4. The summed E-state index contributed by atoms with van der Waals surface area (Å²) < 4.78 is 0. The Balaban J connectivity index is 1.22. The van der Waals surface area contributed by atoms with Crippen molar-refractivity contribution in [1.29, 1.82) is 0 Å². The molecule has 2 heterocycles. The van der Waals surface area contributed by atoms with Crippen molar-refractivity contribution >= 4 is 11.6 Å². The number of piperazine rings is 1. The summed E-state index contributed by atoms with van der Waals surface area (Å²) in [6, 6.07) is 4.53. The van der Waals surface area contributed by atoms with Gasteiger partial charge >= 0.3 is 0 Å². The van der Waals surface area contributed by atoms with Gasteiger partial charge < -0.3 is 10.6 Å². The van der Waals surface area contributed by atoms with Crippen LogP contribution in [0, 0.1) is 22.7 Å². The van der Waals surface area contributed by atoms with E-state index in [9.17, 15) is 4.79 Å². The van der Waals surface area contributed by atoms with E-state index in [0.29, 0.717) is 11.1 Å². The third-order valence-corrected chi connectivity index (χ3v) is 8.57. The van der Waals surface area contributed by atoms with Gasteiger partial charge in [0.05, 0.1) is 11.9 Å². The smallest absolute Gasteiger partial charge is 0.267 e. The first-order valence-corrected chi connectivity index (χ1v) is 10.2. The highest BCUT2D eigenvalue weighted by Crippen LogP contribution is 2.87. The number of amides is 1. The van der Waals surface area contributed by atoms with Gasteiger partial charge in [-0.05, 0) is 54.1 Å². The standard InChI is InChI=1S/C21H30N4O/c1-3-20(2)12-15-18-17(6-7-21(15,18)20)25-10-8-24(9-11-25)14-4-5-16(19(22)26)23-13-14/h4-5,13,15,17-18H,3,6-12H2,1-2H3,(H2,22,26). The van der Waals surface area contributed by atoms with Crippen LogP contribution in [0.15, 0.2) is 18.3 Å². The van der Waals surface area contributed by atoms with Crippen molar-refractivity contribution < 1.29 is 4.79 Å². The summed E-state index contributed by atoms with van der Waals surface area (Å²) in [6.45, 7) is 9.32. The fourth-order valence-corrected chi connectivity index (χ4v) is 7.00. The Bertz CT molecular complexity index is 726. The Morgan fingerprint density at radius 2 is 2.08 bits per heavy atom. The zero-order valence-electron chi connectivity index (χ0n) is 15.9. The third kappa shape index (κ3) is 2.01. The van der Waals surface area contributed by atoms with Crippen molar-refractivity contribution in [2.45, 2.75) is 45.6 Å². The first-order valence-electron chi connectivity index (χ1n) is 10.2. The summed E-state index contributed by atoms with van der Waals surface area (Å²) >= 11 is 0. The number of primary amides is 1. The Labute approximate surface area is 155 Å². The van der Waals surface area contributed by atoms with E-state index in [4.69, 9.17) is 5.73 Å². The summed E-state index contributed by atoms with van der Waals surface area (Å²) in [6.07, 6.45) is 7.49. The first kappa shape index (κ1) is 16.5. The molecule has 26 heavy (non-hydrogen) atoms. The minimum atomic E-state index is -0.463. The van der Waals surface area contributed by atoms with Gasteiger partial charge in [-0.3, -0.25) is 9.69 Å². The predicted octanol–water partition coefficient (Wildman–Crippen LogP) is 2.52. The number of nitrogens with two attached hydrogens (primary N) is 1. The quantitative estimate of drug-likeness (QED) is 0.902. The van der Waals surface area contributed by atoms with Crippen molar-refractivity contribution in [3.63, 3.8) is 0 Å². The van der Waals surface area contributed by atoms with E-state index in [1.165, 1.54) is 25.7 Å². The summed E-state index contributed by atoms with van der Waals surface area (Å²) in [7, 11) is 0. The van der Waals surface area contributed by atoms with E-state index in [0.717, 1.165) is 55.2 Å². The molecule has 1 aromatic rings. The van der Waals surface area contributed by atoms with Crippen molar-refractivity contribution in [3.05, 3.63) is 24.0 Å². The van der Waals surface area contributed by atoms with Crippen LogP contribution in [0.2, 0.25) is 0 Å². The van der Waals surface area contributed by atoms with Gasteiger partial charge in [0.15, 0.2) is 0 Å². The number of carbonyl (C=O) groups is 1. The molecule has 3 aliphatic carbocycles. The Kier molecular flexibility index (Phi) is 3.46. The maximum atomic E-state index is 11.2. The molecule has 1 aliphatic heterocycles. The van der Waals surface area contributed by atoms with E-state index in [1.54, 1.807) is 12.3 Å². The molecule has 5 nitrogen and oxygen atoms in total. The average molecular weight is 354 g/mol. The largest absolute Gasteiger partial charge is 0.368 e. The van der Waals surface area contributed by atoms with Crippen LogP contribution in [-0.2, 0) is 0 Å². The van der Waals surface area contributed by atoms with Crippen molar-refractivity contribution in [3.8, 4) is 0 Å². The van der Waals surface area contributed by atoms with E-state index in [1.807, 2.05) is 6.07 Å². The average Bonchev–Trinajstić information content (AvgIpc) is 3.01. The number of pyridine rings is 1.